The highest BCUT2D eigenvalue weighted by Crippen LogP contribution is 2.10. The molecule has 7 heteroatoms. The van der Waals surface area contributed by atoms with Crippen LogP contribution in [0.3, 0.4) is 0 Å². The van der Waals surface area contributed by atoms with E-state index in [0.717, 1.165) is 0 Å². The molecule has 0 aliphatic rings. The molecular formula is C16H14O5S2. The Hall–Kier alpha value is -2.22. The van der Waals surface area contributed by atoms with Gasteiger partial charge in [0.2, 0.25) is 0 Å². The fourth-order valence-electron chi connectivity index (χ4n) is 1.63. The van der Waals surface area contributed by atoms with E-state index in [2.05, 4.69) is 3.63 Å². The van der Waals surface area contributed by atoms with E-state index < -0.39 is 20.2 Å². The molecule has 0 heterocycles. The lowest BCUT2D eigenvalue weighted by Crippen LogP contribution is -2.08. The third kappa shape index (κ3) is 6.19. The van der Waals surface area contributed by atoms with Gasteiger partial charge in [-0.15, -0.1) is 3.63 Å². The van der Waals surface area contributed by atoms with E-state index in [4.69, 9.17) is 0 Å². The standard InChI is InChI=1S/C16H14O5S2/c17-22(18,13-11-15-7-3-1-4-8-15)21-23(19,20)14-12-16-9-5-2-6-10-16/h1-14H. The molecule has 0 aliphatic heterocycles. The fraction of sp³-hybridized carbons (Fsp3) is 0. The summed E-state index contributed by atoms with van der Waals surface area (Å²) in [7, 11) is -8.72. The average Bonchev–Trinajstić information content (AvgIpc) is 2.52. The van der Waals surface area contributed by atoms with Crippen molar-refractivity contribution in [2.75, 3.05) is 0 Å². The van der Waals surface area contributed by atoms with Crippen LogP contribution < -0.4 is 0 Å². The monoisotopic (exact) mass is 350 g/mol. The van der Waals surface area contributed by atoms with Gasteiger partial charge in [-0.3, -0.25) is 0 Å². The van der Waals surface area contributed by atoms with Crippen LogP contribution in [0.1, 0.15) is 11.1 Å². The Labute approximate surface area is 135 Å². The average molecular weight is 350 g/mol. The minimum atomic E-state index is -4.36. The summed E-state index contributed by atoms with van der Waals surface area (Å²) in [6.45, 7) is 0. The van der Waals surface area contributed by atoms with E-state index in [0.29, 0.717) is 21.9 Å². The topological polar surface area (TPSA) is 77.5 Å². The van der Waals surface area contributed by atoms with Crippen molar-refractivity contribution in [3.05, 3.63) is 82.6 Å². The molecule has 0 N–H and O–H groups in total. The fourth-order valence-corrected chi connectivity index (χ4v) is 3.70. The van der Waals surface area contributed by atoms with Crippen molar-refractivity contribution in [2.45, 2.75) is 0 Å². The van der Waals surface area contributed by atoms with Crippen molar-refractivity contribution in [3.63, 3.8) is 0 Å². The minimum Gasteiger partial charge on any atom is -0.193 e. The molecule has 0 aliphatic carbocycles. The van der Waals surface area contributed by atoms with Gasteiger partial charge >= 0.3 is 20.2 Å². The van der Waals surface area contributed by atoms with Crippen LogP contribution in [0.25, 0.3) is 12.2 Å². The number of rotatable bonds is 6. The molecule has 0 bridgehead atoms. The summed E-state index contributed by atoms with van der Waals surface area (Å²) in [4.78, 5) is 0. The molecule has 0 radical (unpaired) electrons. The van der Waals surface area contributed by atoms with E-state index in [1.54, 1.807) is 60.7 Å². The number of hydrogen-bond donors (Lipinski definition) is 0. The van der Waals surface area contributed by atoms with Gasteiger partial charge in [0.15, 0.2) is 0 Å². The predicted molar refractivity (Wildman–Crippen MR) is 89.9 cm³/mol. The van der Waals surface area contributed by atoms with Crippen molar-refractivity contribution in [1.82, 2.24) is 0 Å². The summed E-state index contributed by atoms with van der Waals surface area (Å²) in [5.74, 6) is 0. The molecular weight excluding hydrogens is 336 g/mol. The highest BCUT2D eigenvalue weighted by atomic mass is 32.3. The van der Waals surface area contributed by atoms with E-state index in [9.17, 15) is 16.8 Å². The van der Waals surface area contributed by atoms with Crippen LogP contribution in [0.5, 0.6) is 0 Å². The maximum absolute atomic E-state index is 11.7. The lowest BCUT2D eigenvalue weighted by molar-refractivity contribution is 0.476. The van der Waals surface area contributed by atoms with E-state index >= 15 is 0 Å². The molecule has 0 saturated heterocycles. The Bertz CT molecular complexity index is 820. The summed E-state index contributed by atoms with van der Waals surface area (Å²) in [6, 6.07) is 17.2. The van der Waals surface area contributed by atoms with Gasteiger partial charge in [-0.25, -0.2) is 0 Å². The highest BCUT2D eigenvalue weighted by Gasteiger charge is 2.17. The Morgan fingerprint density at radius 3 is 1.30 bits per heavy atom. The molecule has 0 aromatic heterocycles. The van der Waals surface area contributed by atoms with Gasteiger partial charge in [0.1, 0.15) is 0 Å². The minimum absolute atomic E-state index is 0.608. The van der Waals surface area contributed by atoms with Crippen LogP contribution in [-0.4, -0.2) is 16.8 Å². The van der Waals surface area contributed by atoms with Gasteiger partial charge in [0.25, 0.3) is 0 Å². The van der Waals surface area contributed by atoms with Gasteiger partial charge < -0.3 is 0 Å². The molecule has 0 unspecified atom stereocenters. The lowest BCUT2D eigenvalue weighted by Gasteiger charge is -1.99. The lowest BCUT2D eigenvalue weighted by atomic mass is 10.2. The van der Waals surface area contributed by atoms with Crippen LogP contribution >= 0.6 is 0 Å². The molecule has 0 amide bonds. The van der Waals surface area contributed by atoms with Crippen molar-refractivity contribution in [2.24, 2.45) is 0 Å². The summed E-state index contributed by atoms with van der Waals surface area (Å²) in [5, 5.41) is 1.41. The molecule has 2 aromatic carbocycles. The normalized spacial score (nSPS) is 12.9. The van der Waals surface area contributed by atoms with Gasteiger partial charge in [-0.2, -0.15) is 16.8 Å². The van der Waals surface area contributed by atoms with Crippen molar-refractivity contribution in [3.8, 4) is 0 Å². The summed E-state index contributed by atoms with van der Waals surface area (Å²) < 4.78 is 51.1. The van der Waals surface area contributed by atoms with Crippen LogP contribution in [0.4, 0.5) is 0 Å². The van der Waals surface area contributed by atoms with Gasteiger partial charge in [0.05, 0.1) is 10.8 Å². The third-order valence-electron chi connectivity index (χ3n) is 2.64. The van der Waals surface area contributed by atoms with E-state index in [-0.39, 0.29) is 0 Å². The van der Waals surface area contributed by atoms with Crippen molar-refractivity contribution in [1.29, 1.82) is 0 Å². The zero-order valence-corrected chi connectivity index (χ0v) is 13.6. The first-order chi connectivity index (χ1) is 10.9. The molecule has 2 aromatic rings. The Morgan fingerprint density at radius 1 is 0.609 bits per heavy atom. The molecule has 0 atom stereocenters. The third-order valence-corrected chi connectivity index (χ3v) is 5.10. The van der Waals surface area contributed by atoms with Crippen molar-refractivity contribution >= 4 is 32.4 Å². The zero-order valence-electron chi connectivity index (χ0n) is 11.9. The molecule has 23 heavy (non-hydrogen) atoms. The molecule has 2 rings (SSSR count). The first-order valence-electron chi connectivity index (χ1n) is 6.54. The van der Waals surface area contributed by atoms with Gasteiger partial charge in [0, 0.05) is 0 Å². The smallest absolute Gasteiger partial charge is 0.193 e. The summed E-state index contributed by atoms with van der Waals surface area (Å²) in [6.07, 6.45) is 2.51. The van der Waals surface area contributed by atoms with Crippen LogP contribution in [-0.2, 0) is 23.9 Å². The molecule has 0 spiro atoms. The summed E-state index contributed by atoms with van der Waals surface area (Å²) in [5.41, 5.74) is 1.22. The van der Waals surface area contributed by atoms with Crippen LogP contribution in [0, 0.1) is 0 Å². The van der Waals surface area contributed by atoms with Gasteiger partial charge in [-0.1, -0.05) is 60.7 Å². The Morgan fingerprint density at radius 2 is 0.957 bits per heavy atom. The first kappa shape index (κ1) is 17.1. The maximum atomic E-state index is 11.7. The second kappa shape index (κ2) is 7.36. The van der Waals surface area contributed by atoms with Gasteiger partial charge in [-0.05, 0) is 23.3 Å². The Kier molecular flexibility index (Phi) is 5.49. The highest BCUT2D eigenvalue weighted by molar-refractivity contribution is 8.02. The largest absolute Gasteiger partial charge is 0.304 e. The second-order valence-electron chi connectivity index (χ2n) is 4.48. The van der Waals surface area contributed by atoms with E-state index in [1.165, 1.54) is 12.2 Å². The summed E-state index contributed by atoms with van der Waals surface area (Å²) >= 11 is 0. The zero-order chi connectivity index (χ0) is 16.8. The number of hydrogen-bond acceptors (Lipinski definition) is 5. The molecule has 0 saturated carbocycles. The Balaban J connectivity index is 2.10. The van der Waals surface area contributed by atoms with E-state index in [1.807, 2.05) is 0 Å². The SMILES string of the molecule is O=S(=O)(C=Cc1ccccc1)OS(=O)(=O)C=Cc1ccccc1. The predicted octanol–water partition coefficient (Wildman–Crippen LogP) is 3.00. The first-order valence-corrected chi connectivity index (χ1v) is 9.48. The second-order valence-corrected chi connectivity index (χ2v) is 7.54. The molecule has 0 fully saturated rings. The molecule has 120 valence electrons. The van der Waals surface area contributed by atoms with Crippen LogP contribution in [0.15, 0.2) is 71.5 Å². The maximum Gasteiger partial charge on any atom is 0.304 e. The number of benzene rings is 2. The van der Waals surface area contributed by atoms with Crippen molar-refractivity contribution < 1.29 is 20.5 Å². The molecule has 5 nitrogen and oxygen atoms in total. The quantitative estimate of drug-likeness (QED) is 0.800. The van der Waals surface area contributed by atoms with Crippen LogP contribution in [0.2, 0.25) is 0 Å².